The number of aromatic carboxylic acids is 2. The molecule has 3 rings (SSSR count). The zero-order valence-electron chi connectivity index (χ0n) is 15.5. The van der Waals surface area contributed by atoms with Gasteiger partial charge in [-0.2, -0.15) is 0 Å². The number of carbonyl (C=O) groups is 2. The number of nitrogens with one attached hydrogen (secondary N) is 2. The highest BCUT2D eigenvalue weighted by Crippen LogP contribution is 2.04. The van der Waals surface area contributed by atoms with Crippen molar-refractivity contribution in [2.75, 3.05) is 26.2 Å². The first-order chi connectivity index (χ1) is 12.6. The van der Waals surface area contributed by atoms with Gasteiger partial charge in [0.25, 0.3) is 0 Å². The lowest BCUT2D eigenvalue weighted by molar-refractivity contribution is 0.0681. The molecule has 2 aliphatic rings. The molecule has 1 aromatic rings. The molecule has 26 heavy (non-hydrogen) atoms. The summed E-state index contributed by atoms with van der Waals surface area (Å²) in [6.45, 7) is 5.00. The van der Waals surface area contributed by atoms with Crippen molar-refractivity contribution < 1.29 is 19.8 Å². The second-order valence-electron chi connectivity index (χ2n) is 6.52. The van der Waals surface area contributed by atoms with Gasteiger partial charge in [-0.25, -0.2) is 9.59 Å². The molecule has 6 nitrogen and oxygen atoms in total. The first-order valence-corrected chi connectivity index (χ1v) is 9.59. The van der Waals surface area contributed by atoms with E-state index < -0.39 is 11.9 Å². The van der Waals surface area contributed by atoms with E-state index >= 15 is 0 Å². The maximum absolute atomic E-state index is 10.3. The summed E-state index contributed by atoms with van der Waals surface area (Å²) >= 11 is 0. The minimum Gasteiger partial charge on any atom is -0.478 e. The topological polar surface area (TPSA) is 98.7 Å². The first-order valence-electron chi connectivity index (χ1n) is 9.59. The summed E-state index contributed by atoms with van der Waals surface area (Å²) in [4.78, 5) is 20.7. The van der Waals surface area contributed by atoms with Gasteiger partial charge < -0.3 is 20.8 Å². The van der Waals surface area contributed by atoms with Crippen LogP contribution in [-0.4, -0.2) is 48.3 Å². The number of hydrogen-bond donors (Lipinski definition) is 4. The van der Waals surface area contributed by atoms with Crippen LogP contribution in [0.15, 0.2) is 24.3 Å². The molecule has 0 radical (unpaired) electrons. The van der Waals surface area contributed by atoms with Crippen LogP contribution < -0.4 is 10.6 Å². The normalized spacial score (nSPS) is 17.2. The molecule has 146 valence electrons. The monoisotopic (exact) mass is 364 g/mol. The Morgan fingerprint density at radius 1 is 0.577 bits per heavy atom. The van der Waals surface area contributed by atoms with Gasteiger partial charge in [0.05, 0.1) is 11.1 Å². The summed E-state index contributed by atoms with van der Waals surface area (Å²) in [5.74, 6) is -2.13. The van der Waals surface area contributed by atoms with E-state index in [1.165, 1.54) is 102 Å². The van der Waals surface area contributed by atoms with Crippen LogP contribution in [-0.2, 0) is 0 Å². The molecule has 6 heteroatoms. The van der Waals surface area contributed by atoms with E-state index in [-0.39, 0.29) is 11.1 Å². The van der Waals surface area contributed by atoms with Crippen molar-refractivity contribution in [1.29, 1.82) is 0 Å². The molecule has 0 saturated carbocycles. The Hall–Kier alpha value is -1.92. The van der Waals surface area contributed by atoms with Crippen molar-refractivity contribution in [3.05, 3.63) is 35.4 Å². The third kappa shape index (κ3) is 10.8. The van der Waals surface area contributed by atoms with Gasteiger partial charge in [0.15, 0.2) is 0 Å². The smallest absolute Gasteiger partial charge is 0.335 e. The lowest BCUT2D eigenvalue weighted by atomic mass is 10.1. The van der Waals surface area contributed by atoms with Crippen molar-refractivity contribution in [2.24, 2.45) is 0 Å². The predicted molar refractivity (Wildman–Crippen MR) is 103 cm³/mol. The minimum absolute atomic E-state index is 0.0833. The van der Waals surface area contributed by atoms with Gasteiger partial charge >= 0.3 is 11.9 Å². The molecule has 2 heterocycles. The second kappa shape index (κ2) is 14.3. The maximum atomic E-state index is 10.3. The minimum atomic E-state index is -1.06. The van der Waals surface area contributed by atoms with Crippen molar-refractivity contribution in [3.63, 3.8) is 0 Å². The van der Waals surface area contributed by atoms with E-state index in [4.69, 9.17) is 10.2 Å². The molecule has 0 aliphatic carbocycles. The quantitative estimate of drug-likeness (QED) is 0.642. The second-order valence-corrected chi connectivity index (χ2v) is 6.52. The van der Waals surface area contributed by atoms with E-state index in [1.807, 2.05) is 0 Å². The third-order valence-corrected chi connectivity index (χ3v) is 4.29. The van der Waals surface area contributed by atoms with Crippen LogP contribution in [0.25, 0.3) is 0 Å². The van der Waals surface area contributed by atoms with Crippen LogP contribution in [0, 0.1) is 0 Å². The van der Waals surface area contributed by atoms with Crippen molar-refractivity contribution in [3.8, 4) is 0 Å². The van der Waals surface area contributed by atoms with Gasteiger partial charge in [-0.15, -0.1) is 0 Å². The van der Waals surface area contributed by atoms with Gasteiger partial charge in [0.2, 0.25) is 0 Å². The summed E-state index contributed by atoms with van der Waals surface area (Å²) in [5, 5.41) is 23.6. The average molecular weight is 364 g/mol. The van der Waals surface area contributed by atoms with Crippen LogP contribution >= 0.6 is 0 Å². The number of carboxylic acids is 2. The Bertz CT molecular complexity index is 431. The first kappa shape index (κ1) is 22.1. The van der Waals surface area contributed by atoms with Crippen LogP contribution in [0.1, 0.15) is 72.1 Å². The fourth-order valence-corrected chi connectivity index (χ4v) is 2.71. The Morgan fingerprint density at radius 3 is 1.08 bits per heavy atom. The van der Waals surface area contributed by atoms with Gasteiger partial charge in [0.1, 0.15) is 0 Å². The third-order valence-electron chi connectivity index (χ3n) is 4.29. The Balaban J connectivity index is 0.000000207. The zero-order chi connectivity index (χ0) is 19.0. The summed E-state index contributed by atoms with van der Waals surface area (Å²) < 4.78 is 0. The van der Waals surface area contributed by atoms with Crippen LogP contribution in [0.2, 0.25) is 0 Å². The molecule has 2 saturated heterocycles. The molecule has 4 N–H and O–H groups in total. The lowest BCUT2D eigenvalue weighted by Crippen LogP contribution is -2.12. The summed E-state index contributed by atoms with van der Waals surface area (Å²) in [5.41, 5.74) is 0.167. The Kier molecular flexibility index (Phi) is 12.1. The summed E-state index contributed by atoms with van der Waals surface area (Å²) in [7, 11) is 0. The van der Waals surface area contributed by atoms with Gasteiger partial charge in [-0.3, -0.25) is 0 Å². The molecule has 0 aromatic heterocycles. The number of hydrogen-bond acceptors (Lipinski definition) is 4. The molecular weight excluding hydrogens is 332 g/mol. The van der Waals surface area contributed by atoms with E-state index in [1.54, 1.807) is 0 Å². The molecule has 2 fully saturated rings. The lowest BCUT2D eigenvalue weighted by Gasteiger charge is -1.94. The molecular formula is C20H32N2O4. The number of benzene rings is 1. The molecule has 0 amide bonds. The largest absolute Gasteiger partial charge is 0.478 e. The van der Waals surface area contributed by atoms with Crippen LogP contribution in [0.4, 0.5) is 0 Å². The van der Waals surface area contributed by atoms with Crippen LogP contribution in [0.3, 0.4) is 0 Å². The average Bonchev–Trinajstić information content (AvgIpc) is 3.12. The maximum Gasteiger partial charge on any atom is 0.335 e. The zero-order valence-corrected chi connectivity index (χ0v) is 15.5. The predicted octanol–water partition coefficient (Wildman–Crippen LogP) is 3.38. The van der Waals surface area contributed by atoms with E-state index in [2.05, 4.69) is 10.6 Å². The fourth-order valence-electron chi connectivity index (χ4n) is 2.71. The molecule has 0 atom stereocenters. The van der Waals surface area contributed by atoms with Crippen LogP contribution in [0.5, 0.6) is 0 Å². The molecule has 1 aromatic carbocycles. The Labute approximate surface area is 156 Å². The molecule has 0 bridgehead atoms. The van der Waals surface area contributed by atoms with E-state index in [9.17, 15) is 9.59 Å². The van der Waals surface area contributed by atoms with Gasteiger partial charge in [-0.05, 0) is 76.1 Å². The van der Waals surface area contributed by atoms with Gasteiger partial charge in [0, 0.05) is 0 Å². The van der Waals surface area contributed by atoms with Crippen molar-refractivity contribution in [2.45, 2.75) is 51.4 Å². The standard InChI is InChI=1S/C8H6O4.2C6H13N/c9-7(10)5-1-2-6(4-3-5)8(11)12;2*1-2-4-6-7-5-3-1/h1-4H,(H,9,10)(H,11,12);2*7H,1-6H2. The van der Waals surface area contributed by atoms with E-state index in [0.717, 1.165) is 0 Å². The van der Waals surface area contributed by atoms with E-state index in [0.29, 0.717) is 0 Å². The summed E-state index contributed by atoms with van der Waals surface area (Å²) in [6, 6.07) is 5.02. The molecule has 0 spiro atoms. The SMILES string of the molecule is C1CCCNCC1.C1CCCNCC1.O=C(O)c1ccc(C(=O)O)cc1. The highest BCUT2D eigenvalue weighted by Gasteiger charge is 2.04. The van der Waals surface area contributed by atoms with Crippen molar-refractivity contribution in [1.82, 2.24) is 10.6 Å². The number of carboxylic acid groups (broad SMARTS) is 2. The molecule has 2 aliphatic heterocycles. The Morgan fingerprint density at radius 2 is 0.846 bits per heavy atom. The van der Waals surface area contributed by atoms with Gasteiger partial charge in [-0.1, -0.05) is 25.7 Å². The number of rotatable bonds is 2. The summed E-state index contributed by atoms with van der Waals surface area (Å²) in [6.07, 6.45) is 11.3. The highest BCUT2D eigenvalue weighted by atomic mass is 16.4. The highest BCUT2D eigenvalue weighted by molar-refractivity contribution is 5.91. The molecule has 0 unspecified atom stereocenters. The fraction of sp³-hybridized carbons (Fsp3) is 0.600. The van der Waals surface area contributed by atoms with Crippen molar-refractivity contribution >= 4 is 11.9 Å².